The number of methoxy groups -OCH3 is 1. The first-order chi connectivity index (χ1) is 12.1. The fraction of sp³-hybridized carbons (Fsp3) is 0.300. The standard InChI is InChI=1S/C20H25N3O2.HI/c1-4-15-7-6-8-16(5-2)18(15)23-20(21)22-13-14-9-11-17(12-10-14)19(24)25-3;/h6-12H,4-5,13H2,1-3H3,(H3,21,22,23);1H. The van der Waals surface area contributed by atoms with Gasteiger partial charge in [-0.3, -0.25) is 0 Å². The average Bonchev–Trinajstić information content (AvgIpc) is 2.66. The molecule has 5 nitrogen and oxygen atoms in total. The van der Waals surface area contributed by atoms with Gasteiger partial charge in [0, 0.05) is 5.69 Å². The summed E-state index contributed by atoms with van der Waals surface area (Å²) in [6.45, 7) is 4.68. The normalized spacial score (nSPS) is 10.8. The maximum Gasteiger partial charge on any atom is 0.337 e. The second-order valence-electron chi connectivity index (χ2n) is 5.67. The van der Waals surface area contributed by atoms with Crippen LogP contribution in [0.1, 0.15) is 40.9 Å². The number of halogens is 1. The molecule has 6 heteroatoms. The molecule has 0 saturated carbocycles. The van der Waals surface area contributed by atoms with Gasteiger partial charge in [0.15, 0.2) is 5.96 Å². The van der Waals surface area contributed by atoms with Gasteiger partial charge in [0.2, 0.25) is 0 Å². The summed E-state index contributed by atoms with van der Waals surface area (Å²) in [5.41, 5.74) is 11.0. The number of rotatable bonds is 6. The number of ether oxygens (including phenoxy) is 1. The van der Waals surface area contributed by atoms with Gasteiger partial charge in [-0.1, -0.05) is 44.2 Å². The van der Waals surface area contributed by atoms with E-state index in [4.69, 9.17) is 5.73 Å². The van der Waals surface area contributed by atoms with Crippen LogP contribution in [0.4, 0.5) is 5.69 Å². The summed E-state index contributed by atoms with van der Waals surface area (Å²) in [5.74, 6) is 0.0344. The number of carbonyl (C=O) groups excluding carboxylic acids is 1. The van der Waals surface area contributed by atoms with Crippen molar-refractivity contribution in [1.82, 2.24) is 0 Å². The molecule has 0 spiro atoms. The van der Waals surface area contributed by atoms with E-state index in [1.54, 1.807) is 12.1 Å². The first-order valence-electron chi connectivity index (χ1n) is 8.44. The summed E-state index contributed by atoms with van der Waals surface area (Å²) in [6, 6.07) is 13.4. The van der Waals surface area contributed by atoms with Crippen molar-refractivity contribution in [2.45, 2.75) is 33.2 Å². The molecule has 0 atom stereocenters. The number of hydrogen-bond acceptors (Lipinski definition) is 3. The Morgan fingerprint density at radius 3 is 2.15 bits per heavy atom. The zero-order valence-corrected chi connectivity index (χ0v) is 17.7. The van der Waals surface area contributed by atoms with Gasteiger partial charge in [0.25, 0.3) is 0 Å². The lowest BCUT2D eigenvalue weighted by molar-refractivity contribution is 0.0600. The number of carbonyl (C=O) groups is 1. The molecule has 0 aromatic heterocycles. The van der Waals surface area contributed by atoms with Crippen molar-refractivity contribution >= 4 is 41.6 Å². The number of anilines is 1. The number of esters is 1. The van der Waals surface area contributed by atoms with E-state index in [0.29, 0.717) is 18.1 Å². The Balaban J connectivity index is 0.00000338. The first-order valence-corrected chi connectivity index (χ1v) is 8.44. The third kappa shape index (κ3) is 5.72. The van der Waals surface area contributed by atoms with Crippen LogP contribution in [0.15, 0.2) is 47.5 Å². The zero-order chi connectivity index (χ0) is 18.2. The van der Waals surface area contributed by atoms with Crippen LogP contribution in [0.2, 0.25) is 0 Å². The average molecular weight is 467 g/mol. The van der Waals surface area contributed by atoms with Gasteiger partial charge in [-0.2, -0.15) is 0 Å². The van der Waals surface area contributed by atoms with Crippen molar-refractivity contribution in [3.8, 4) is 0 Å². The summed E-state index contributed by atoms with van der Waals surface area (Å²) in [5, 5.41) is 3.24. The Morgan fingerprint density at radius 1 is 1.08 bits per heavy atom. The maximum atomic E-state index is 11.4. The second kappa shape index (κ2) is 10.8. The highest BCUT2D eigenvalue weighted by Crippen LogP contribution is 2.22. The van der Waals surface area contributed by atoms with Crippen molar-refractivity contribution in [2.24, 2.45) is 10.7 Å². The van der Waals surface area contributed by atoms with E-state index >= 15 is 0 Å². The molecule has 0 bridgehead atoms. The van der Waals surface area contributed by atoms with Crippen molar-refractivity contribution in [3.63, 3.8) is 0 Å². The molecular weight excluding hydrogens is 441 g/mol. The van der Waals surface area contributed by atoms with E-state index < -0.39 is 0 Å². The molecule has 0 unspecified atom stereocenters. The maximum absolute atomic E-state index is 11.4. The van der Waals surface area contributed by atoms with Gasteiger partial charge in [0.1, 0.15) is 0 Å². The second-order valence-corrected chi connectivity index (χ2v) is 5.67. The van der Waals surface area contributed by atoms with E-state index in [1.165, 1.54) is 18.2 Å². The third-order valence-corrected chi connectivity index (χ3v) is 4.06. The van der Waals surface area contributed by atoms with Crippen LogP contribution in [-0.2, 0) is 24.1 Å². The molecule has 0 amide bonds. The number of aliphatic imine (C=N–C) groups is 1. The number of hydrogen-bond donors (Lipinski definition) is 2. The Labute approximate surface area is 172 Å². The Kier molecular flexibility index (Phi) is 9.12. The highest BCUT2D eigenvalue weighted by molar-refractivity contribution is 14.0. The van der Waals surface area contributed by atoms with E-state index in [-0.39, 0.29) is 29.9 Å². The van der Waals surface area contributed by atoms with Crippen LogP contribution in [0.3, 0.4) is 0 Å². The molecule has 2 aromatic carbocycles. The van der Waals surface area contributed by atoms with E-state index in [2.05, 4.69) is 47.1 Å². The molecule has 140 valence electrons. The highest BCUT2D eigenvalue weighted by Gasteiger charge is 2.07. The smallest absolute Gasteiger partial charge is 0.337 e. The van der Waals surface area contributed by atoms with Gasteiger partial charge in [-0.25, -0.2) is 9.79 Å². The Morgan fingerprint density at radius 2 is 1.65 bits per heavy atom. The minimum absolute atomic E-state index is 0. The lowest BCUT2D eigenvalue weighted by Crippen LogP contribution is -2.24. The fourth-order valence-electron chi connectivity index (χ4n) is 2.61. The predicted octanol–water partition coefficient (Wildman–Crippen LogP) is 4.14. The topological polar surface area (TPSA) is 76.7 Å². The van der Waals surface area contributed by atoms with E-state index in [0.717, 1.165) is 24.1 Å². The number of para-hydroxylation sites is 1. The molecule has 0 radical (unpaired) electrons. The van der Waals surface area contributed by atoms with Crippen molar-refractivity contribution in [1.29, 1.82) is 0 Å². The quantitative estimate of drug-likeness (QED) is 0.290. The lowest BCUT2D eigenvalue weighted by atomic mass is 10.0. The predicted molar refractivity (Wildman–Crippen MR) is 117 cm³/mol. The summed E-state index contributed by atoms with van der Waals surface area (Å²) < 4.78 is 4.69. The first kappa shape index (κ1) is 22.0. The largest absolute Gasteiger partial charge is 0.465 e. The highest BCUT2D eigenvalue weighted by atomic mass is 127. The van der Waals surface area contributed by atoms with E-state index in [9.17, 15) is 4.79 Å². The summed E-state index contributed by atoms with van der Waals surface area (Å²) in [4.78, 5) is 15.8. The van der Waals surface area contributed by atoms with Crippen LogP contribution >= 0.6 is 24.0 Å². The van der Waals surface area contributed by atoms with Crippen LogP contribution < -0.4 is 11.1 Å². The Bertz CT molecular complexity index is 736. The number of nitrogens with zero attached hydrogens (tertiary/aromatic N) is 1. The van der Waals surface area contributed by atoms with Gasteiger partial charge >= 0.3 is 5.97 Å². The number of aryl methyl sites for hydroxylation is 2. The molecule has 0 aliphatic rings. The molecule has 0 heterocycles. The third-order valence-electron chi connectivity index (χ3n) is 4.06. The molecular formula is C20H26IN3O2. The molecule has 0 fully saturated rings. The van der Waals surface area contributed by atoms with Crippen LogP contribution in [0.25, 0.3) is 0 Å². The van der Waals surface area contributed by atoms with Gasteiger partial charge in [0.05, 0.1) is 19.2 Å². The molecule has 0 aliphatic heterocycles. The molecule has 0 saturated heterocycles. The van der Waals surface area contributed by atoms with Crippen molar-refractivity contribution in [3.05, 3.63) is 64.7 Å². The van der Waals surface area contributed by atoms with Crippen molar-refractivity contribution < 1.29 is 9.53 Å². The van der Waals surface area contributed by atoms with Crippen LogP contribution in [0.5, 0.6) is 0 Å². The minimum Gasteiger partial charge on any atom is -0.465 e. The fourth-order valence-corrected chi connectivity index (χ4v) is 2.61. The molecule has 0 aliphatic carbocycles. The summed E-state index contributed by atoms with van der Waals surface area (Å²) >= 11 is 0. The Hall–Kier alpha value is -2.09. The minimum atomic E-state index is -0.348. The zero-order valence-electron chi connectivity index (χ0n) is 15.4. The summed E-state index contributed by atoms with van der Waals surface area (Å²) in [6.07, 6.45) is 1.86. The number of guanidine groups is 1. The van der Waals surface area contributed by atoms with Crippen LogP contribution in [0, 0.1) is 0 Å². The molecule has 2 rings (SSSR count). The van der Waals surface area contributed by atoms with Gasteiger partial charge in [-0.05, 0) is 41.7 Å². The molecule has 3 N–H and O–H groups in total. The lowest BCUT2D eigenvalue weighted by Gasteiger charge is -2.14. The van der Waals surface area contributed by atoms with Crippen molar-refractivity contribution in [2.75, 3.05) is 12.4 Å². The number of benzene rings is 2. The number of nitrogens with one attached hydrogen (secondary N) is 1. The van der Waals surface area contributed by atoms with Crippen LogP contribution in [-0.4, -0.2) is 19.0 Å². The van der Waals surface area contributed by atoms with E-state index in [1.807, 2.05) is 12.1 Å². The number of nitrogens with two attached hydrogens (primary N) is 1. The molecule has 2 aromatic rings. The van der Waals surface area contributed by atoms with Gasteiger partial charge < -0.3 is 15.8 Å². The summed E-state index contributed by atoms with van der Waals surface area (Å²) in [7, 11) is 1.37. The monoisotopic (exact) mass is 467 g/mol. The van der Waals surface area contributed by atoms with Gasteiger partial charge in [-0.15, -0.1) is 24.0 Å². The molecule has 26 heavy (non-hydrogen) atoms. The SMILES string of the molecule is CCc1cccc(CC)c1NC(N)=NCc1ccc(C(=O)OC)cc1.I.